The first-order valence-corrected chi connectivity index (χ1v) is 10.9. The molecule has 0 aliphatic rings. The van der Waals surface area contributed by atoms with E-state index < -0.39 is 5.63 Å². The summed E-state index contributed by atoms with van der Waals surface area (Å²) in [4.78, 5) is 28.2. The Morgan fingerprint density at radius 1 is 1.26 bits per heavy atom. The van der Waals surface area contributed by atoms with E-state index in [2.05, 4.69) is 9.88 Å². The molecule has 0 radical (unpaired) electrons. The molecule has 1 amide bonds. The van der Waals surface area contributed by atoms with Crippen molar-refractivity contribution in [3.63, 3.8) is 0 Å². The minimum absolute atomic E-state index is 0.191. The van der Waals surface area contributed by atoms with E-state index in [0.717, 1.165) is 27.1 Å². The van der Waals surface area contributed by atoms with Gasteiger partial charge in [0.25, 0.3) is 0 Å². The van der Waals surface area contributed by atoms with Crippen molar-refractivity contribution in [3.8, 4) is 0 Å². The molecule has 0 bridgehead atoms. The second kappa shape index (κ2) is 9.13. The van der Waals surface area contributed by atoms with E-state index in [1.807, 2.05) is 24.3 Å². The number of ether oxygens (including phenoxy) is 1. The molecule has 4 rings (SSSR count). The van der Waals surface area contributed by atoms with Crippen molar-refractivity contribution in [3.05, 3.63) is 63.5 Å². The molecule has 0 saturated heterocycles. The van der Waals surface area contributed by atoms with Crippen LogP contribution in [0.4, 0.5) is 5.69 Å². The van der Waals surface area contributed by atoms with E-state index in [4.69, 9.17) is 25.7 Å². The third kappa shape index (κ3) is 4.76. The van der Waals surface area contributed by atoms with Crippen LogP contribution in [0.5, 0.6) is 0 Å². The molecule has 0 aliphatic heterocycles. The molecule has 0 saturated carbocycles. The fourth-order valence-corrected chi connectivity index (χ4v) is 4.56. The minimum atomic E-state index is -0.442. The maximum absolute atomic E-state index is 12.1. The van der Waals surface area contributed by atoms with Gasteiger partial charge in [-0.15, -0.1) is 0 Å². The molecule has 0 fully saturated rings. The molecule has 2 heterocycles. The van der Waals surface area contributed by atoms with Crippen molar-refractivity contribution in [2.24, 2.45) is 0 Å². The van der Waals surface area contributed by atoms with Gasteiger partial charge in [0.15, 0.2) is 5.16 Å². The summed E-state index contributed by atoms with van der Waals surface area (Å²) >= 11 is 7.66. The second-order valence-corrected chi connectivity index (χ2v) is 8.32. The highest BCUT2D eigenvalue weighted by molar-refractivity contribution is 7.98. The van der Waals surface area contributed by atoms with Gasteiger partial charge in [-0.25, -0.2) is 9.78 Å². The third-order valence-corrected chi connectivity index (χ3v) is 5.96. The molecule has 2 aromatic carbocycles. The van der Waals surface area contributed by atoms with E-state index in [1.165, 1.54) is 24.8 Å². The van der Waals surface area contributed by atoms with Gasteiger partial charge in [-0.3, -0.25) is 4.79 Å². The van der Waals surface area contributed by atoms with Crippen molar-refractivity contribution in [1.82, 2.24) is 9.55 Å². The van der Waals surface area contributed by atoms with Crippen LogP contribution in [-0.2, 0) is 21.8 Å². The number of nitrogens with zero attached hydrogens (tertiary/aromatic N) is 2. The lowest BCUT2D eigenvalue weighted by molar-refractivity contribution is -0.114. The third-order valence-electron chi connectivity index (χ3n) is 4.70. The predicted molar refractivity (Wildman–Crippen MR) is 123 cm³/mol. The lowest BCUT2D eigenvalue weighted by atomic mass is 10.1. The smallest absolute Gasteiger partial charge is 0.336 e. The molecule has 9 heteroatoms. The number of benzene rings is 2. The Kier molecular flexibility index (Phi) is 6.31. The number of halogens is 1. The van der Waals surface area contributed by atoms with Gasteiger partial charge in [-0.2, -0.15) is 0 Å². The Morgan fingerprint density at radius 2 is 2.10 bits per heavy atom. The zero-order chi connectivity index (χ0) is 22.0. The maximum atomic E-state index is 12.1. The number of carbonyl (C=O) groups excluding carboxylic acids is 1. The number of imidazole rings is 1. The molecule has 160 valence electrons. The summed E-state index contributed by atoms with van der Waals surface area (Å²) < 4.78 is 12.7. The molecule has 0 aliphatic carbocycles. The van der Waals surface area contributed by atoms with E-state index in [0.29, 0.717) is 35.2 Å². The number of fused-ring (bicyclic) bond motifs is 2. The summed E-state index contributed by atoms with van der Waals surface area (Å²) in [6, 6.07) is 12.4. The van der Waals surface area contributed by atoms with Gasteiger partial charge in [0.1, 0.15) is 5.58 Å². The second-order valence-electron chi connectivity index (χ2n) is 6.94. The molecule has 7 nitrogen and oxygen atoms in total. The predicted octanol–water partition coefficient (Wildman–Crippen LogP) is 4.69. The highest BCUT2D eigenvalue weighted by atomic mass is 35.5. The number of carbonyl (C=O) groups is 1. The molecule has 4 aromatic rings. The van der Waals surface area contributed by atoms with Crippen molar-refractivity contribution in [2.75, 3.05) is 19.0 Å². The van der Waals surface area contributed by atoms with Crippen LogP contribution in [-0.4, -0.2) is 29.2 Å². The number of nitrogens with one attached hydrogen (secondary N) is 1. The summed E-state index contributed by atoms with van der Waals surface area (Å²) in [5.41, 5.74) is 3.17. The van der Waals surface area contributed by atoms with E-state index in [-0.39, 0.29) is 5.91 Å². The van der Waals surface area contributed by atoms with Crippen molar-refractivity contribution in [2.45, 2.75) is 24.4 Å². The quantitative estimate of drug-likeness (QED) is 0.320. The summed E-state index contributed by atoms with van der Waals surface area (Å²) in [7, 11) is 1.66. The van der Waals surface area contributed by atoms with Crippen LogP contribution < -0.4 is 10.9 Å². The van der Waals surface area contributed by atoms with E-state index in [9.17, 15) is 9.59 Å². The van der Waals surface area contributed by atoms with Crippen LogP contribution in [0.15, 0.2) is 56.8 Å². The van der Waals surface area contributed by atoms with Crippen molar-refractivity contribution in [1.29, 1.82) is 0 Å². The number of thioether (sulfide) groups is 1. The highest BCUT2D eigenvalue weighted by Crippen LogP contribution is 2.30. The first kappa shape index (κ1) is 21.4. The van der Waals surface area contributed by atoms with Crippen LogP contribution in [0.1, 0.15) is 12.5 Å². The minimum Gasteiger partial charge on any atom is -0.423 e. The van der Waals surface area contributed by atoms with Gasteiger partial charge in [0.05, 0.1) is 17.6 Å². The molecule has 0 unspecified atom stereocenters. The molecule has 0 spiro atoms. The van der Waals surface area contributed by atoms with Gasteiger partial charge in [-0.1, -0.05) is 23.4 Å². The number of rotatable bonds is 7. The van der Waals surface area contributed by atoms with E-state index in [1.54, 1.807) is 19.2 Å². The lowest BCUT2D eigenvalue weighted by Crippen LogP contribution is -2.07. The number of aromatic nitrogens is 2. The SMILES string of the molecule is COCCn1c(SCc2cc(=O)oc3cc(NC(C)=O)ccc23)nc2cc(Cl)ccc21. The highest BCUT2D eigenvalue weighted by Gasteiger charge is 2.14. The monoisotopic (exact) mass is 457 g/mol. The van der Waals surface area contributed by atoms with Gasteiger partial charge in [0, 0.05) is 54.6 Å². The maximum Gasteiger partial charge on any atom is 0.336 e. The Balaban J connectivity index is 1.68. The zero-order valence-corrected chi connectivity index (χ0v) is 18.5. The zero-order valence-electron chi connectivity index (χ0n) is 17.0. The van der Waals surface area contributed by atoms with Gasteiger partial charge >= 0.3 is 5.63 Å². The Bertz CT molecular complexity index is 1330. The summed E-state index contributed by atoms with van der Waals surface area (Å²) in [6.45, 7) is 2.62. The molecule has 0 atom stereocenters. The molecular formula is C22H20ClN3O4S. The molecule has 1 N–H and O–H groups in total. The number of methoxy groups -OCH3 is 1. The number of hydrogen-bond donors (Lipinski definition) is 1. The Hall–Kier alpha value is -2.81. The lowest BCUT2D eigenvalue weighted by Gasteiger charge is -2.10. The summed E-state index contributed by atoms with van der Waals surface area (Å²) in [5.74, 6) is 0.328. The standard InChI is InChI=1S/C22H20ClN3O4S/c1-13(27)24-16-4-5-17-14(9-21(28)30-20(17)11-16)12-31-22-25-18-10-15(23)3-6-19(18)26(22)7-8-29-2/h3-6,9-11H,7-8,12H2,1-2H3,(H,24,27). The largest absolute Gasteiger partial charge is 0.423 e. The topological polar surface area (TPSA) is 86.4 Å². The number of amides is 1. The van der Waals surface area contributed by atoms with Crippen LogP contribution in [0, 0.1) is 0 Å². The van der Waals surface area contributed by atoms with Gasteiger partial charge < -0.3 is 19.0 Å². The fraction of sp³-hybridized carbons (Fsp3) is 0.227. The number of anilines is 1. The average molecular weight is 458 g/mol. The van der Waals surface area contributed by atoms with Crippen LogP contribution >= 0.6 is 23.4 Å². The van der Waals surface area contributed by atoms with Gasteiger partial charge in [-0.05, 0) is 35.9 Å². The summed E-state index contributed by atoms with van der Waals surface area (Å²) in [5, 5.41) is 4.94. The first-order valence-electron chi connectivity index (χ1n) is 9.56. The number of hydrogen-bond acceptors (Lipinski definition) is 6. The fourth-order valence-electron chi connectivity index (χ4n) is 3.36. The normalized spacial score (nSPS) is 11.3. The average Bonchev–Trinajstić information content (AvgIpc) is 3.05. The molecular weight excluding hydrogens is 438 g/mol. The Labute approximate surface area is 187 Å². The van der Waals surface area contributed by atoms with Crippen LogP contribution in [0.25, 0.3) is 22.0 Å². The van der Waals surface area contributed by atoms with Crippen LogP contribution in [0.2, 0.25) is 5.02 Å². The molecule has 31 heavy (non-hydrogen) atoms. The Morgan fingerprint density at radius 3 is 2.87 bits per heavy atom. The van der Waals surface area contributed by atoms with Crippen molar-refractivity contribution >= 4 is 57.0 Å². The van der Waals surface area contributed by atoms with Crippen molar-refractivity contribution < 1.29 is 13.9 Å². The first-order chi connectivity index (χ1) is 14.9. The summed E-state index contributed by atoms with van der Waals surface area (Å²) in [6.07, 6.45) is 0. The van der Waals surface area contributed by atoms with E-state index >= 15 is 0 Å². The molecule has 2 aromatic heterocycles. The van der Waals surface area contributed by atoms with Crippen LogP contribution in [0.3, 0.4) is 0 Å². The van der Waals surface area contributed by atoms with Gasteiger partial charge in [0.2, 0.25) is 5.91 Å².